The van der Waals surface area contributed by atoms with Gasteiger partial charge < -0.3 is 4.90 Å². The fourth-order valence-electron chi connectivity index (χ4n) is 3.57. The van der Waals surface area contributed by atoms with E-state index in [1.807, 2.05) is 18.2 Å². The number of benzene rings is 1. The van der Waals surface area contributed by atoms with E-state index in [9.17, 15) is 9.59 Å². The number of ketones is 1. The van der Waals surface area contributed by atoms with E-state index >= 15 is 0 Å². The van der Waals surface area contributed by atoms with E-state index in [1.165, 1.54) is 6.92 Å². The Bertz CT molecular complexity index is 802. The van der Waals surface area contributed by atoms with Gasteiger partial charge in [0.2, 0.25) is 17.6 Å². The monoisotopic (exact) mass is 337 g/mol. The van der Waals surface area contributed by atoms with Gasteiger partial charge in [0.05, 0.1) is 5.69 Å². The van der Waals surface area contributed by atoms with Gasteiger partial charge in [0.25, 0.3) is 0 Å². The number of hydrogen-bond acceptors (Lipinski definition) is 6. The minimum Gasteiger partial charge on any atom is -0.338 e. The number of nitrogens with zero attached hydrogens (tertiary/aromatic N) is 5. The number of fused-ring (bicyclic) bond motifs is 1. The number of carbonyl (C=O) groups excluding carboxylic acids is 2. The standard InChI is InChI=1S/C18H19N5O2/c1-13(24)23-15-6-3-2-5-14(15)16(25)17(23)21-9-11-22(12-10-21)18-19-7-4-8-20-18/h2-8,17H,9-12H2,1H3. The lowest BCUT2D eigenvalue weighted by molar-refractivity contribution is -0.117. The number of hydrogen-bond donors (Lipinski definition) is 0. The third-order valence-electron chi connectivity index (χ3n) is 4.74. The third kappa shape index (κ3) is 2.66. The highest BCUT2D eigenvalue weighted by atomic mass is 16.2. The molecule has 0 bridgehead atoms. The van der Waals surface area contributed by atoms with Gasteiger partial charge in [-0.15, -0.1) is 0 Å². The molecule has 2 aliphatic rings. The SMILES string of the molecule is CC(=O)N1c2ccccc2C(=O)C1N1CCN(c2ncccn2)CC1. The number of anilines is 2. The predicted octanol–water partition coefficient (Wildman–Crippen LogP) is 1.17. The molecule has 1 aromatic heterocycles. The van der Waals surface area contributed by atoms with Crippen LogP contribution in [0.1, 0.15) is 17.3 Å². The normalized spacial score (nSPS) is 20.7. The summed E-state index contributed by atoms with van der Waals surface area (Å²) in [5, 5.41) is 0. The first kappa shape index (κ1) is 15.7. The Morgan fingerprint density at radius 1 is 1.04 bits per heavy atom. The Balaban J connectivity index is 1.55. The summed E-state index contributed by atoms with van der Waals surface area (Å²) in [4.78, 5) is 39.4. The second-order valence-corrected chi connectivity index (χ2v) is 6.22. The van der Waals surface area contributed by atoms with Gasteiger partial charge in [-0.1, -0.05) is 12.1 Å². The molecule has 1 unspecified atom stereocenters. The van der Waals surface area contributed by atoms with Crippen LogP contribution in [0.25, 0.3) is 0 Å². The molecule has 2 aromatic rings. The average Bonchev–Trinajstić information content (AvgIpc) is 2.96. The number of carbonyl (C=O) groups is 2. The molecule has 0 saturated carbocycles. The summed E-state index contributed by atoms with van der Waals surface area (Å²) in [6, 6.07) is 9.11. The van der Waals surface area contributed by atoms with Crippen molar-refractivity contribution in [3.05, 3.63) is 48.3 Å². The van der Waals surface area contributed by atoms with Crippen LogP contribution in [-0.4, -0.2) is 58.9 Å². The molecule has 1 atom stereocenters. The summed E-state index contributed by atoms with van der Waals surface area (Å²) in [5.74, 6) is 0.582. The van der Waals surface area contributed by atoms with Gasteiger partial charge in [-0.2, -0.15) is 0 Å². The van der Waals surface area contributed by atoms with Gasteiger partial charge in [-0.3, -0.25) is 19.4 Å². The summed E-state index contributed by atoms with van der Waals surface area (Å²) in [6.07, 6.45) is 2.90. The summed E-state index contributed by atoms with van der Waals surface area (Å²) in [6.45, 7) is 4.29. The topological polar surface area (TPSA) is 69.6 Å². The van der Waals surface area contributed by atoms with Crippen molar-refractivity contribution in [1.82, 2.24) is 14.9 Å². The van der Waals surface area contributed by atoms with Gasteiger partial charge >= 0.3 is 0 Å². The zero-order valence-corrected chi connectivity index (χ0v) is 14.0. The van der Waals surface area contributed by atoms with Crippen molar-refractivity contribution in [3.63, 3.8) is 0 Å². The van der Waals surface area contributed by atoms with E-state index in [1.54, 1.807) is 29.4 Å². The highest BCUT2D eigenvalue weighted by Gasteiger charge is 2.43. The van der Waals surface area contributed by atoms with Gasteiger partial charge in [0.15, 0.2) is 6.17 Å². The zero-order chi connectivity index (χ0) is 17.4. The predicted molar refractivity (Wildman–Crippen MR) is 93.5 cm³/mol. The molecule has 0 aliphatic carbocycles. The van der Waals surface area contributed by atoms with Crippen molar-refractivity contribution in [1.29, 1.82) is 0 Å². The van der Waals surface area contributed by atoms with Gasteiger partial charge in [0, 0.05) is 51.1 Å². The van der Waals surface area contributed by atoms with Crippen molar-refractivity contribution in [3.8, 4) is 0 Å². The van der Waals surface area contributed by atoms with Crippen molar-refractivity contribution in [2.45, 2.75) is 13.1 Å². The molecule has 2 aliphatic heterocycles. The maximum Gasteiger partial charge on any atom is 0.225 e. The fraction of sp³-hybridized carbons (Fsp3) is 0.333. The summed E-state index contributed by atoms with van der Waals surface area (Å²) >= 11 is 0. The van der Waals surface area contributed by atoms with Crippen molar-refractivity contribution in [2.75, 3.05) is 36.0 Å². The molecule has 0 radical (unpaired) electrons. The van der Waals surface area contributed by atoms with Gasteiger partial charge in [-0.25, -0.2) is 9.97 Å². The third-order valence-corrected chi connectivity index (χ3v) is 4.74. The number of amides is 1. The van der Waals surface area contributed by atoms with E-state index in [2.05, 4.69) is 19.8 Å². The molecular formula is C18H19N5O2. The Morgan fingerprint density at radius 2 is 1.72 bits per heavy atom. The molecule has 1 amide bonds. The summed E-state index contributed by atoms with van der Waals surface area (Å²) < 4.78 is 0. The maximum absolute atomic E-state index is 12.9. The lowest BCUT2D eigenvalue weighted by Crippen LogP contribution is -2.58. The minimum atomic E-state index is -0.547. The molecule has 3 heterocycles. The number of piperazine rings is 1. The molecule has 25 heavy (non-hydrogen) atoms. The Labute approximate surface area is 145 Å². The van der Waals surface area contributed by atoms with Crippen LogP contribution < -0.4 is 9.80 Å². The molecule has 1 aromatic carbocycles. The van der Waals surface area contributed by atoms with Crippen LogP contribution in [0.3, 0.4) is 0 Å². The molecule has 4 rings (SSSR count). The Hall–Kier alpha value is -2.80. The van der Waals surface area contributed by atoms with Crippen molar-refractivity contribution >= 4 is 23.3 Å². The summed E-state index contributed by atoms with van der Waals surface area (Å²) in [7, 11) is 0. The smallest absolute Gasteiger partial charge is 0.225 e. The van der Waals surface area contributed by atoms with Crippen LogP contribution in [0.2, 0.25) is 0 Å². The Kier molecular flexibility index (Phi) is 3.93. The second kappa shape index (κ2) is 6.25. The van der Waals surface area contributed by atoms with Crippen LogP contribution in [0.4, 0.5) is 11.6 Å². The van der Waals surface area contributed by atoms with E-state index in [4.69, 9.17) is 0 Å². The molecule has 7 nitrogen and oxygen atoms in total. The highest BCUT2D eigenvalue weighted by molar-refractivity contribution is 6.17. The molecule has 1 saturated heterocycles. The van der Waals surface area contributed by atoms with Crippen LogP contribution in [-0.2, 0) is 4.79 Å². The van der Waals surface area contributed by atoms with Crippen LogP contribution >= 0.6 is 0 Å². The van der Waals surface area contributed by atoms with E-state index in [0.29, 0.717) is 30.3 Å². The largest absolute Gasteiger partial charge is 0.338 e. The molecule has 128 valence electrons. The fourth-order valence-corrected chi connectivity index (χ4v) is 3.57. The maximum atomic E-state index is 12.9. The first-order valence-corrected chi connectivity index (χ1v) is 8.36. The lowest BCUT2D eigenvalue weighted by atomic mass is 10.1. The first-order valence-electron chi connectivity index (χ1n) is 8.36. The Morgan fingerprint density at radius 3 is 2.40 bits per heavy atom. The number of rotatable bonds is 2. The first-order chi connectivity index (χ1) is 12.2. The molecule has 0 spiro atoms. The van der Waals surface area contributed by atoms with Gasteiger partial charge in [-0.05, 0) is 18.2 Å². The molecular weight excluding hydrogens is 318 g/mol. The van der Waals surface area contributed by atoms with Gasteiger partial charge in [0.1, 0.15) is 0 Å². The van der Waals surface area contributed by atoms with E-state index in [0.717, 1.165) is 13.1 Å². The average molecular weight is 337 g/mol. The number of Topliss-reactive ketones (excluding diaryl/α,β-unsaturated/α-hetero) is 1. The minimum absolute atomic E-state index is 0.00443. The highest BCUT2D eigenvalue weighted by Crippen LogP contribution is 2.34. The van der Waals surface area contributed by atoms with Crippen molar-refractivity contribution in [2.24, 2.45) is 0 Å². The number of para-hydroxylation sites is 1. The zero-order valence-electron chi connectivity index (χ0n) is 14.0. The lowest BCUT2D eigenvalue weighted by Gasteiger charge is -2.39. The van der Waals surface area contributed by atoms with E-state index < -0.39 is 6.17 Å². The molecule has 0 N–H and O–H groups in total. The quantitative estimate of drug-likeness (QED) is 0.819. The van der Waals surface area contributed by atoms with Crippen LogP contribution in [0.5, 0.6) is 0 Å². The van der Waals surface area contributed by atoms with Crippen LogP contribution in [0.15, 0.2) is 42.7 Å². The van der Waals surface area contributed by atoms with Crippen LogP contribution in [0, 0.1) is 0 Å². The number of aromatic nitrogens is 2. The molecule has 1 fully saturated rings. The second-order valence-electron chi connectivity index (χ2n) is 6.22. The van der Waals surface area contributed by atoms with E-state index in [-0.39, 0.29) is 11.7 Å². The summed E-state index contributed by atoms with van der Waals surface area (Å²) in [5.41, 5.74) is 1.33. The van der Waals surface area contributed by atoms with Crippen molar-refractivity contribution < 1.29 is 9.59 Å². The molecule has 7 heteroatoms.